The van der Waals surface area contributed by atoms with Crippen molar-refractivity contribution in [1.29, 1.82) is 0 Å². The van der Waals surface area contributed by atoms with Crippen molar-refractivity contribution in [2.24, 2.45) is 11.8 Å². The van der Waals surface area contributed by atoms with Crippen LogP contribution in [0.1, 0.15) is 95.1 Å². The van der Waals surface area contributed by atoms with E-state index in [1.807, 2.05) is 6.07 Å². The molecule has 4 rings (SSSR count). The zero-order valence-electron chi connectivity index (χ0n) is 21.1. The molecule has 0 unspecified atom stereocenters. The minimum Gasteiger partial charge on any atom is -0.206 e. The lowest BCUT2D eigenvalue weighted by Crippen LogP contribution is -2.28. The van der Waals surface area contributed by atoms with Gasteiger partial charge >= 0.3 is 0 Å². The highest BCUT2D eigenvalue weighted by Gasteiger charge is 2.31. The molecule has 2 aromatic rings. The number of unbranched alkanes of at least 4 members (excludes halogenated alkanes) is 2. The fourth-order valence-corrected chi connectivity index (χ4v) is 10.2. The Labute approximate surface area is 204 Å². The lowest BCUT2D eigenvalue weighted by molar-refractivity contribution is 0.216. The number of halogens is 1. The fraction of sp³-hybridized carbons (Fsp3) is 0.613. The Bertz CT molecular complexity index is 842. The summed E-state index contributed by atoms with van der Waals surface area (Å²) in [7, 11) is -0.352. The third-order valence-corrected chi connectivity index (χ3v) is 12.5. The van der Waals surface area contributed by atoms with Crippen molar-refractivity contribution < 1.29 is 4.39 Å². The Kier molecular flexibility index (Phi) is 9.24. The maximum absolute atomic E-state index is 14.8. The van der Waals surface area contributed by atoms with Crippen LogP contribution in [0.4, 0.5) is 4.39 Å². The third-order valence-electron chi connectivity index (χ3n) is 8.82. The topological polar surface area (TPSA) is 0 Å². The van der Waals surface area contributed by atoms with E-state index in [4.69, 9.17) is 0 Å². The third kappa shape index (κ3) is 6.59. The lowest BCUT2D eigenvalue weighted by Gasteiger charge is -2.37. The smallest absolute Gasteiger partial charge is 0.131 e. The highest BCUT2D eigenvalue weighted by atomic mass is 28.3. The van der Waals surface area contributed by atoms with Crippen LogP contribution < -0.4 is 0 Å². The van der Waals surface area contributed by atoms with Crippen LogP contribution in [0.3, 0.4) is 0 Å². The highest BCUT2D eigenvalue weighted by Crippen LogP contribution is 2.43. The van der Waals surface area contributed by atoms with Gasteiger partial charge in [0.2, 0.25) is 0 Å². The van der Waals surface area contributed by atoms with E-state index < -0.39 is 0 Å². The molecule has 2 aliphatic rings. The van der Waals surface area contributed by atoms with E-state index in [1.165, 1.54) is 50.5 Å². The molecule has 1 heterocycles. The summed E-state index contributed by atoms with van der Waals surface area (Å²) >= 11 is 0. The van der Waals surface area contributed by atoms with Crippen molar-refractivity contribution in [1.82, 2.24) is 0 Å². The van der Waals surface area contributed by atoms with Crippen LogP contribution >= 0.6 is 0 Å². The van der Waals surface area contributed by atoms with Crippen LogP contribution in [0.2, 0.25) is 18.1 Å². The molecule has 2 fully saturated rings. The molecule has 33 heavy (non-hydrogen) atoms. The van der Waals surface area contributed by atoms with Crippen LogP contribution in [0.25, 0.3) is 11.1 Å². The first kappa shape index (κ1) is 24.7. The summed E-state index contributed by atoms with van der Waals surface area (Å²) in [5.41, 5.74) is 4.34. The number of rotatable bonds is 9. The van der Waals surface area contributed by atoms with E-state index in [0.29, 0.717) is 5.92 Å². The molecule has 0 bridgehead atoms. The van der Waals surface area contributed by atoms with E-state index in [-0.39, 0.29) is 14.6 Å². The summed E-state index contributed by atoms with van der Waals surface area (Å²) in [6, 6.07) is 19.5. The summed E-state index contributed by atoms with van der Waals surface area (Å²) in [4.78, 5) is 0. The van der Waals surface area contributed by atoms with Gasteiger partial charge in [0.1, 0.15) is 5.82 Å². The van der Waals surface area contributed by atoms with Gasteiger partial charge in [0, 0.05) is 14.4 Å². The van der Waals surface area contributed by atoms with Gasteiger partial charge in [-0.05, 0) is 79.0 Å². The lowest BCUT2D eigenvalue weighted by atomic mass is 9.72. The Morgan fingerprint density at radius 3 is 2.12 bits per heavy atom. The SMILES string of the molecule is CCCCCc1ccc(-c2ccc([C@H]3CC[C@H](C4CC[SiH](CCC)CC4)CC3)cc2)c(F)c1. The largest absolute Gasteiger partial charge is 0.206 e. The summed E-state index contributed by atoms with van der Waals surface area (Å²) in [6.07, 6.45) is 14.6. The normalized spacial score (nSPS) is 25.8. The molecule has 0 atom stereocenters. The van der Waals surface area contributed by atoms with Gasteiger partial charge in [0.05, 0.1) is 0 Å². The van der Waals surface area contributed by atoms with Gasteiger partial charge in [-0.2, -0.15) is 0 Å². The Hall–Kier alpha value is -1.41. The van der Waals surface area contributed by atoms with Crippen molar-refractivity contribution in [3.05, 3.63) is 59.4 Å². The van der Waals surface area contributed by atoms with Crippen LogP contribution in [0, 0.1) is 17.7 Å². The molecule has 0 N–H and O–H groups in total. The molecule has 0 radical (unpaired) electrons. The minimum atomic E-state index is -0.352. The summed E-state index contributed by atoms with van der Waals surface area (Å²) in [6.45, 7) is 4.58. The average Bonchev–Trinajstić information content (AvgIpc) is 2.85. The number of aryl methyl sites for hydroxylation is 1. The van der Waals surface area contributed by atoms with Gasteiger partial charge in [0.25, 0.3) is 0 Å². The summed E-state index contributed by atoms with van der Waals surface area (Å²) < 4.78 is 14.8. The molecule has 2 heteroatoms. The van der Waals surface area contributed by atoms with Crippen molar-refractivity contribution in [2.75, 3.05) is 0 Å². The van der Waals surface area contributed by atoms with Gasteiger partial charge in [-0.3, -0.25) is 0 Å². The average molecular weight is 465 g/mol. The fourth-order valence-electron chi connectivity index (χ4n) is 6.74. The molecule has 2 aromatic carbocycles. The summed E-state index contributed by atoms with van der Waals surface area (Å²) in [5.74, 6) is 2.64. The monoisotopic (exact) mass is 464 g/mol. The Morgan fingerprint density at radius 1 is 0.788 bits per heavy atom. The summed E-state index contributed by atoms with van der Waals surface area (Å²) in [5, 5.41) is 0. The highest BCUT2D eigenvalue weighted by molar-refractivity contribution is 6.58. The number of benzene rings is 2. The van der Waals surface area contributed by atoms with Crippen molar-refractivity contribution in [2.45, 2.75) is 109 Å². The first-order valence-electron chi connectivity index (χ1n) is 14.1. The quantitative estimate of drug-likeness (QED) is 0.256. The van der Waals surface area contributed by atoms with E-state index >= 15 is 0 Å². The first-order chi connectivity index (χ1) is 16.2. The van der Waals surface area contributed by atoms with Gasteiger partial charge in [-0.25, -0.2) is 4.39 Å². The van der Waals surface area contributed by atoms with Crippen LogP contribution in [-0.4, -0.2) is 8.80 Å². The van der Waals surface area contributed by atoms with Crippen molar-refractivity contribution >= 4 is 8.80 Å². The van der Waals surface area contributed by atoms with Gasteiger partial charge in [-0.15, -0.1) is 0 Å². The van der Waals surface area contributed by atoms with Gasteiger partial charge < -0.3 is 0 Å². The number of hydrogen-bond acceptors (Lipinski definition) is 0. The zero-order valence-corrected chi connectivity index (χ0v) is 22.3. The van der Waals surface area contributed by atoms with Crippen molar-refractivity contribution in [3.63, 3.8) is 0 Å². The van der Waals surface area contributed by atoms with E-state index in [9.17, 15) is 4.39 Å². The first-order valence-corrected chi connectivity index (χ1v) is 16.5. The zero-order chi connectivity index (χ0) is 23.0. The molecule has 1 saturated carbocycles. The predicted octanol–water partition coefficient (Wildman–Crippen LogP) is 9.55. The maximum atomic E-state index is 14.8. The van der Waals surface area contributed by atoms with Crippen LogP contribution in [0.5, 0.6) is 0 Å². The molecular formula is C31H45FSi. The van der Waals surface area contributed by atoms with Crippen molar-refractivity contribution in [3.8, 4) is 11.1 Å². The molecule has 0 aromatic heterocycles. The molecular weight excluding hydrogens is 419 g/mol. The second-order valence-electron chi connectivity index (χ2n) is 11.1. The molecule has 180 valence electrons. The molecule has 1 saturated heterocycles. The Balaban J connectivity index is 1.29. The van der Waals surface area contributed by atoms with Crippen LogP contribution in [-0.2, 0) is 6.42 Å². The molecule has 1 aliphatic carbocycles. The van der Waals surface area contributed by atoms with E-state index in [1.54, 1.807) is 37.0 Å². The van der Waals surface area contributed by atoms with Gasteiger partial charge in [0.15, 0.2) is 0 Å². The maximum Gasteiger partial charge on any atom is 0.131 e. The predicted molar refractivity (Wildman–Crippen MR) is 144 cm³/mol. The standard InChI is InChI=1S/C31H45FSi/c1-3-5-6-7-24-8-17-30(31(32)23-24)29-15-13-26(14-16-29)25-9-11-27(12-10-25)28-18-21-33(20-4-2)22-19-28/h8,13-17,23,25,27-28,33H,3-7,9-12,18-22H2,1-2H3/t25-,27-,28?,33?. The number of hydrogen-bond donors (Lipinski definition) is 0. The Morgan fingerprint density at radius 2 is 1.48 bits per heavy atom. The van der Waals surface area contributed by atoms with Gasteiger partial charge in [-0.1, -0.05) is 100 Å². The van der Waals surface area contributed by atoms with Crippen LogP contribution in [0.15, 0.2) is 42.5 Å². The van der Waals surface area contributed by atoms with E-state index in [0.717, 1.165) is 41.4 Å². The molecule has 0 amide bonds. The second kappa shape index (κ2) is 12.3. The second-order valence-corrected chi connectivity index (χ2v) is 14.5. The minimum absolute atomic E-state index is 0.0750. The van der Waals surface area contributed by atoms with E-state index in [2.05, 4.69) is 44.2 Å². The molecule has 1 aliphatic heterocycles. The molecule has 0 nitrogen and oxygen atoms in total. The molecule has 0 spiro atoms.